The maximum Gasteiger partial charge on any atom is -0.282 e. The first-order valence-corrected chi connectivity index (χ1v) is 3.13. The summed E-state index contributed by atoms with van der Waals surface area (Å²) in [7, 11) is 1.63. The van der Waals surface area contributed by atoms with Gasteiger partial charge in [0.1, 0.15) is 0 Å². The van der Waals surface area contributed by atoms with Crippen LogP contribution >= 0.6 is 0 Å². The van der Waals surface area contributed by atoms with Crippen molar-refractivity contribution >= 4 is 38.5 Å². The number of hydrogen-bond donors (Lipinski definition) is 0. The van der Waals surface area contributed by atoms with Crippen molar-refractivity contribution in [1.29, 1.82) is 0 Å². The van der Waals surface area contributed by atoms with Gasteiger partial charge in [-0.25, -0.2) is 0 Å². The normalized spacial score (nSPS) is 3.87. The zero-order valence-electron chi connectivity index (χ0n) is 8.24. The number of methoxy groups -OCH3 is 1. The predicted molar refractivity (Wildman–Crippen MR) is 51.4 cm³/mol. The Labute approximate surface area is 97.6 Å². The van der Waals surface area contributed by atoms with Gasteiger partial charge in [-0.2, -0.15) is 0 Å². The van der Waals surface area contributed by atoms with Crippen LogP contribution in [0.15, 0.2) is 0 Å². The van der Waals surface area contributed by atoms with Crippen LogP contribution in [0.3, 0.4) is 0 Å². The van der Waals surface area contributed by atoms with E-state index in [9.17, 15) is 0 Å². The van der Waals surface area contributed by atoms with Crippen molar-refractivity contribution in [3.05, 3.63) is 0 Å². The molecule has 15 heavy (non-hydrogen) atoms. The summed E-state index contributed by atoms with van der Waals surface area (Å²) in [4.78, 5) is 38.8. The van der Waals surface area contributed by atoms with Gasteiger partial charge in [0.2, 0.25) is 0 Å². The number of carbonyl (C=O) groups excluding carboxylic acids is 5. The molecule has 0 heterocycles. The molecule has 0 spiro atoms. The molecule has 0 unspecified atom stereocenters. The van der Waals surface area contributed by atoms with E-state index in [0.29, 0.717) is 0 Å². The topological polar surface area (TPSA) is 94.6 Å². The largest absolute Gasteiger partial charge is 0.545 e. The molecule has 0 aromatic carbocycles. The molecule has 0 aromatic rings. The molecule has 0 atom stereocenters. The van der Waals surface area contributed by atoms with Crippen LogP contribution in [0.1, 0.15) is 6.92 Å². The van der Waals surface area contributed by atoms with Crippen molar-refractivity contribution in [2.75, 3.05) is 7.11 Å². The molecule has 0 radical (unpaired) electrons. The van der Waals surface area contributed by atoms with Gasteiger partial charge < -0.3 is 24.0 Å². The van der Waals surface area contributed by atoms with Gasteiger partial charge in [0, 0.05) is 0 Å². The summed E-state index contributed by atoms with van der Waals surface area (Å²) in [6.45, 7) is 18.1. The van der Waals surface area contributed by atoms with E-state index >= 15 is 0 Å². The Bertz CT molecular complexity index is 89.5. The van der Waals surface area contributed by atoms with Crippen LogP contribution in [0.25, 0.3) is 0 Å². The van der Waals surface area contributed by atoms with Crippen LogP contribution in [-0.4, -0.2) is 45.6 Å². The fourth-order valence-corrected chi connectivity index (χ4v) is 0. The van der Waals surface area contributed by atoms with Crippen LogP contribution in [0.5, 0.6) is 0 Å². The molecule has 90 valence electrons. The van der Waals surface area contributed by atoms with E-state index in [1.807, 2.05) is 6.92 Å². The summed E-state index contributed by atoms with van der Waals surface area (Å²) in [6, 6.07) is 0. The smallest absolute Gasteiger partial charge is 0.282 e. The average molecular weight is 255 g/mol. The van der Waals surface area contributed by atoms with Crippen LogP contribution < -0.4 is 0 Å². The zero-order valence-corrected chi connectivity index (χ0v) is 9.52. The minimum absolute atomic E-state index is 0.880. The Morgan fingerprint density at radius 3 is 0.867 bits per heavy atom. The second-order valence-corrected chi connectivity index (χ2v) is 1.59. The molecule has 0 saturated heterocycles. The van der Waals surface area contributed by atoms with Crippen molar-refractivity contribution in [2.45, 2.75) is 6.92 Å². The molecule has 0 aromatic heterocycles. The molecule has 0 amide bonds. The summed E-state index contributed by atoms with van der Waals surface area (Å²) in [5.41, 5.74) is 0. The Morgan fingerprint density at radius 2 is 0.867 bits per heavy atom. The van der Waals surface area contributed by atoms with Gasteiger partial charge in [0.05, 0.1) is 0 Å². The summed E-state index contributed by atoms with van der Waals surface area (Å²) in [5, 5.41) is 0. The summed E-state index contributed by atoms with van der Waals surface area (Å²) in [6.07, 6.45) is 0. The molecule has 0 aliphatic carbocycles. The third-order valence-corrected chi connectivity index (χ3v) is 0.548. The van der Waals surface area contributed by atoms with Gasteiger partial charge in [-0.1, -0.05) is 0 Å². The predicted octanol–water partition coefficient (Wildman–Crippen LogP) is -1.04. The monoisotopic (exact) mass is 255 g/mol. The third kappa shape index (κ3) is 2870. The van der Waals surface area contributed by atoms with Crippen LogP contribution in [0.2, 0.25) is 0 Å². The molecule has 0 rings (SSSR count). The van der Waals surface area contributed by atoms with Crippen LogP contribution in [-0.2, 0) is 44.6 Å². The van der Waals surface area contributed by atoms with Crippen molar-refractivity contribution in [2.24, 2.45) is 0 Å². The van der Waals surface area contributed by atoms with E-state index in [-0.39, 0.29) is 0 Å². The van der Waals surface area contributed by atoms with E-state index in [4.69, 9.17) is 24.0 Å². The Kier molecular flexibility index (Phi) is 589. The molecule has 0 fully saturated rings. The van der Waals surface area contributed by atoms with Crippen molar-refractivity contribution < 1.29 is 44.6 Å². The number of ether oxygens (including phenoxy) is 1. The molecule has 7 heteroatoms. The van der Waals surface area contributed by atoms with Crippen molar-refractivity contribution in [3.63, 3.8) is 0 Å². The maximum absolute atomic E-state index is 7.75. The molecule has 0 aliphatic rings. The van der Waals surface area contributed by atoms with Gasteiger partial charge in [0.15, 0.2) is 0 Å². The number of hydrogen-bond acceptors (Lipinski definition) is 6. The second-order valence-electron chi connectivity index (χ2n) is 0.696. The summed E-state index contributed by atoms with van der Waals surface area (Å²) < 4.78 is 5.49. The fourth-order valence-electron chi connectivity index (χ4n) is 0. The average Bonchev–Trinajstić information content (AvgIpc) is 2.41. The first kappa shape index (κ1) is 37.3. The summed E-state index contributed by atoms with van der Waals surface area (Å²) >= 11 is 2.68. The Morgan fingerprint density at radius 1 is 0.800 bits per heavy atom. The molecule has 0 saturated carbocycles. The molecular weight excluding hydrogens is 244 g/mol. The molecule has 0 bridgehead atoms. The standard InChI is InChI=1S/C3H6O.5CHO.Cr/c1-3-4-2;5*1-2;/h1-2H3;5*1H;/q;5*-1;. The quantitative estimate of drug-likeness (QED) is 0.438. The molecular formula is C8H11CrO6-5. The first-order valence-electron chi connectivity index (χ1n) is 2.50. The third-order valence-electron chi connectivity index (χ3n) is 0.287. The van der Waals surface area contributed by atoms with E-state index < -0.39 is 0 Å². The number of rotatable bonds is 1. The zero-order chi connectivity index (χ0) is 14.3. The maximum atomic E-state index is 7.75. The minimum Gasteiger partial charge on any atom is -0.545 e. The summed E-state index contributed by atoms with van der Waals surface area (Å²) in [5.74, 6) is 0. The first-order chi connectivity index (χ1) is 7.27. The van der Waals surface area contributed by atoms with E-state index in [1.54, 1.807) is 7.11 Å². The van der Waals surface area contributed by atoms with Gasteiger partial charge in [-0.15, -0.1) is 0 Å². The van der Waals surface area contributed by atoms with Gasteiger partial charge in [-0.05, 0) is 0 Å². The van der Waals surface area contributed by atoms with E-state index in [1.165, 1.54) is 0 Å². The van der Waals surface area contributed by atoms with Crippen molar-refractivity contribution in [3.8, 4) is 0 Å². The minimum atomic E-state index is 0.880. The van der Waals surface area contributed by atoms with Gasteiger partial charge >= 0.3 is 39.2 Å². The Hall–Kier alpha value is -1.29. The Balaban J connectivity index is -0.0000000177. The molecule has 6 nitrogen and oxygen atoms in total. The molecule has 0 aliphatic heterocycles. The van der Waals surface area contributed by atoms with E-state index in [0.717, 1.165) is 4.57 Å². The van der Waals surface area contributed by atoms with E-state index in [2.05, 4.69) is 54.5 Å². The fraction of sp³-hybridized carbons (Fsp3) is 0.250. The second kappa shape index (κ2) is 237. The van der Waals surface area contributed by atoms with Crippen LogP contribution in [0, 0.1) is 0 Å². The molecule has 0 N–H and O–H groups in total. The van der Waals surface area contributed by atoms with Crippen LogP contribution in [0.4, 0.5) is 0 Å². The van der Waals surface area contributed by atoms with Gasteiger partial charge in [-0.3, -0.25) is 33.9 Å². The van der Waals surface area contributed by atoms with Gasteiger partial charge in [0.25, 0.3) is 0 Å². The SMILES string of the molecule is CO[C](C)=[Cr].[CH-]=O.[CH-]=O.[CH-]=O.[CH-]=O.[CH-]=O. The van der Waals surface area contributed by atoms with Crippen molar-refractivity contribution in [1.82, 2.24) is 0 Å².